The van der Waals surface area contributed by atoms with Crippen LogP contribution < -0.4 is 4.74 Å². The van der Waals surface area contributed by atoms with Gasteiger partial charge in [0.15, 0.2) is 0 Å². The summed E-state index contributed by atoms with van der Waals surface area (Å²) >= 11 is 0. The van der Waals surface area contributed by atoms with Crippen LogP contribution >= 0.6 is 0 Å². The first-order valence-electron chi connectivity index (χ1n) is 7.20. The molecule has 0 heterocycles. The van der Waals surface area contributed by atoms with Gasteiger partial charge in [0, 0.05) is 12.8 Å². The van der Waals surface area contributed by atoms with Crippen LogP contribution in [0.2, 0.25) is 0 Å². The van der Waals surface area contributed by atoms with Gasteiger partial charge in [-0.2, -0.15) is 0 Å². The monoisotopic (exact) mass is 300 g/mol. The smallest absolute Gasteiger partial charge is 0.302 e. The lowest BCUT2D eigenvalue weighted by Gasteiger charge is -2.15. The lowest BCUT2D eigenvalue weighted by atomic mass is 10.0. The Morgan fingerprint density at radius 1 is 1.09 bits per heavy atom. The number of carbonyl (C=O) groups excluding carboxylic acids is 1. The van der Waals surface area contributed by atoms with Crippen molar-refractivity contribution in [1.29, 1.82) is 0 Å². The largest absolute Gasteiger partial charge is 0.489 e. The molecule has 0 aliphatic carbocycles. The van der Waals surface area contributed by atoms with Crippen molar-refractivity contribution in [2.45, 2.75) is 19.4 Å². The van der Waals surface area contributed by atoms with E-state index in [1.165, 1.54) is 6.92 Å². The highest BCUT2D eigenvalue weighted by atomic mass is 16.5. The summed E-state index contributed by atoms with van der Waals surface area (Å²) in [4.78, 5) is 10.8. The Labute approximate surface area is 130 Å². The van der Waals surface area contributed by atoms with E-state index in [0.717, 1.165) is 16.9 Å². The summed E-state index contributed by atoms with van der Waals surface area (Å²) in [6.07, 6.45) is 0. The molecule has 0 spiro atoms. The van der Waals surface area contributed by atoms with Gasteiger partial charge in [-0.15, -0.1) is 0 Å². The summed E-state index contributed by atoms with van der Waals surface area (Å²) in [5.41, 5.74) is 2.02. The van der Waals surface area contributed by atoms with Gasteiger partial charge in [-0.3, -0.25) is 4.79 Å². The van der Waals surface area contributed by atoms with Gasteiger partial charge >= 0.3 is 5.97 Å². The van der Waals surface area contributed by atoms with Crippen molar-refractivity contribution in [1.82, 2.24) is 0 Å². The predicted octanol–water partition coefficient (Wildman–Crippen LogP) is 2.90. The molecule has 0 saturated carbocycles. The molecule has 1 unspecified atom stereocenters. The molecule has 4 nitrogen and oxygen atoms in total. The molecular weight excluding hydrogens is 280 g/mol. The minimum absolute atomic E-state index is 0.0719. The lowest BCUT2D eigenvalue weighted by Crippen LogP contribution is -2.14. The van der Waals surface area contributed by atoms with Crippen LogP contribution in [0.15, 0.2) is 54.6 Å². The Morgan fingerprint density at radius 3 is 2.36 bits per heavy atom. The standard InChI is InChI=1S/C18H20O4/c1-14(20)21-13-17(11-19)16-7-9-18(10-8-16)22-12-15-5-3-2-4-6-15/h2-10,17,19H,11-13H2,1H3. The molecule has 0 radical (unpaired) electrons. The third kappa shape index (κ3) is 4.90. The number of ether oxygens (including phenoxy) is 2. The summed E-state index contributed by atoms with van der Waals surface area (Å²) in [6, 6.07) is 17.4. The molecule has 2 aromatic carbocycles. The van der Waals surface area contributed by atoms with Crippen LogP contribution in [-0.4, -0.2) is 24.3 Å². The van der Waals surface area contributed by atoms with E-state index >= 15 is 0 Å². The second-order valence-electron chi connectivity index (χ2n) is 5.03. The second-order valence-corrected chi connectivity index (χ2v) is 5.03. The van der Waals surface area contributed by atoms with E-state index in [2.05, 4.69) is 0 Å². The highest BCUT2D eigenvalue weighted by Crippen LogP contribution is 2.20. The Morgan fingerprint density at radius 2 is 1.77 bits per heavy atom. The van der Waals surface area contributed by atoms with Gasteiger partial charge in [-0.05, 0) is 23.3 Å². The first-order valence-corrected chi connectivity index (χ1v) is 7.20. The molecule has 4 heteroatoms. The van der Waals surface area contributed by atoms with Crippen molar-refractivity contribution in [2.75, 3.05) is 13.2 Å². The van der Waals surface area contributed by atoms with Crippen molar-refractivity contribution < 1.29 is 19.4 Å². The molecule has 2 aromatic rings. The van der Waals surface area contributed by atoms with Crippen LogP contribution in [0, 0.1) is 0 Å². The van der Waals surface area contributed by atoms with E-state index in [0.29, 0.717) is 6.61 Å². The number of aliphatic hydroxyl groups excluding tert-OH is 1. The van der Waals surface area contributed by atoms with Crippen molar-refractivity contribution in [3.05, 3.63) is 65.7 Å². The third-order valence-electron chi connectivity index (χ3n) is 3.31. The van der Waals surface area contributed by atoms with E-state index in [1.807, 2.05) is 54.6 Å². The van der Waals surface area contributed by atoms with Crippen LogP contribution in [0.5, 0.6) is 5.75 Å². The maximum Gasteiger partial charge on any atom is 0.302 e. The van der Waals surface area contributed by atoms with E-state index < -0.39 is 0 Å². The average Bonchev–Trinajstić information content (AvgIpc) is 2.55. The second kappa shape index (κ2) is 8.20. The number of benzene rings is 2. The van der Waals surface area contributed by atoms with Crippen LogP contribution in [-0.2, 0) is 16.1 Å². The molecule has 0 aromatic heterocycles. The molecule has 1 N–H and O–H groups in total. The van der Waals surface area contributed by atoms with E-state index in [4.69, 9.17) is 9.47 Å². The number of carbonyl (C=O) groups is 1. The fourth-order valence-electron chi connectivity index (χ4n) is 2.05. The maximum atomic E-state index is 10.8. The fourth-order valence-corrected chi connectivity index (χ4v) is 2.05. The van der Waals surface area contributed by atoms with Crippen molar-refractivity contribution in [3.8, 4) is 5.75 Å². The van der Waals surface area contributed by atoms with Gasteiger partial charge in [0.2, 0.25) is 0 Å². The molecule has 116 valence electrons. The van der Waals surface area contributed by atoms with E-state index in [-0.39, 0.29) is 25.1 Å². The van der Waals surface area contributed by atoms with Gasteiger partial charge in [-0.1, -0.05) is 42.5 Å². The summed E-state index contributed by atoms with van der Waals surface area (Å²) in [5.74, 6) is 0.199. The molecule has 0 saturated heterocycles. The Kier molecular flexibility index (Phi) is 5.98. The van der Waals surface area contributed by atoms with Crippen LogP contribution in [0.1, 0.15) is 24.0 Å². The third-order valence-corrected chi connectivity index (χ3v) is 3.31. The number of aliphatic hydroxyl groups is 1. The predicted molar refractivity (Wildman–Crippen MR) is 83.7 cm³/mol. The van der Waals surface area contributed by atoms with E-state index in [9.17, 15) is 9.90 Å². The molecule has 0 fully saturated rings. The zero-order valence-electron chi connectivity index (χ0n) is 12.6. The normalized spacial score (nSPS) is 11.7. The molecular formula is C18H20O4. The number of hydrogen-bond acceptors (Lipinski definition) is 4. The maximum absolute atomic E-state index is 10.8. The lowest BCUT2D eigenvalue weighted by molar-refractivity contribution is -0.141. The molecule has 1 atom stereocenters. The number of rotatable bonds is 7. The summed E-state index contributed by atoms with van der Waals surface area (Å²) in [6.45, 7) is 1.97. The van der Waals surface area contributed by atoms with Crippen LogP contribution in [0.3, 0.4) is 0 Å². The first-order chi connectivity index (χ1) is 10.7. The number of hydrogen-bond donors (Lipinski definition) is 1. The van der Waals surface area contributed by atoms with Crippen molar-refractivity contribution >= 4 is 5.97 Å². The molecule has 0 bridgehead atoms. The average molecular weight is 300 g/mol. The quantitative estimate of drug-likeness (QED) is 0.799. The Bertz CT molecular complexity index is 578. The van der Waals surface area contributed by atoms with Gasteiger partial charge < -0.3 is 14.6 Å². The molecule has 2 rings (SSSR count). The summed E-state index contributed by atoms with van der Waals surface area (Å²) in [7, 11) is 0. The molecule has 0 amide bonds. The zero-order chi connectivity index (χ0) is 15.8. The van der Waals surface area contributed by atoms with Crippen LogP contribution in [0.25, 0.3) is 0 Å². The van der Waals surface area contributed by atoms with Crippen molar-refractivity contribution in [2.24, 2.45) is 0 Å². The molecule has 0 aliphatic heterocycles. The Hall–Kier alpha value is -2.33. The topological polar surface area (TPSA) is 55.8 Å². The first kappa shape index (κ1) is 16.0. The molecule has 0 aliphatic rings. The fraction of sp³-hybridized carbons (Fsp3) is 0.278. The highest BCUT2D eigenvalue weighted by Gasteiger charge is 2.12. The summed E-state index contributed by atoms with van der Waals surface area (Å²) < 4.78 is 10.7. The van der Waals surface area contributed by atoms with Crippen molar-refractivity contribution in [3.63, 3.8) is 0 Å². The minimum atomic E-state index is -0.346. The van der Waals surface area contributed by atoms with Gasteiger partial charge in [-0.25, -0.2) is 0 Å². The Balaban J connectivity index is 1.92. The van der Waals surface area contributed by atoms with Gasteiger partial charge in [0.05, 0.1) is 6.61 Å². The minimum Gasteiger partial charge on any atom is -0.489 e. The molecule has 22 heavy (non-hydrogen) atoms. The zero-order valence-corrected chi connectivity index (χ0v) is 12.6. The summed E-state index contributed by atoms with van der Waals surface area (Å²) in [5, 5.41) is 9.39. The number of esters is 1. The van der Waals surface area contributed by atoms with Gasteiger partial charge in [0.1, 0.15) is 19.0 Å². The van der Waals surface area contributed by atoms with E-state index in [1.54, 1.807) is 0 Å². The van der Waals surface area contributed by atoms with Crippen LogP contribution in [0.4, 0.5) is 0 Å². The SMILES string of the molecule is CC(=O)OCC(CO)c1ccc(OCc2ccccc2)cc1. The van der Waals surface area contributed by atoms with Gasteiger partial charge in [0.25, 0.3) is 0 Å². The highest BCUT2D eigenvalue weighted by molar-refractivity contribution is 5.65.